The molecular formula is C17H14N6O4. The van der Waals surface area contributed by atoms with E-state index in [1.54, 1.807) is 36.1 Å². The molecule has 1 fully saturated rings. The van der Waals surface area contributed by atoms with Crippen LogP contribution in [0.15, 0.2) is 40.9 Å². The number of carbonyl (C=O) groups excluding carboxylic acids is 3. The second-order valence-corrected chi connectivity index (χ2v) is 5.91. The lowest BCUT2D eigenvalue weighted by atomic mass is 10.2. The summed E-state index contributed by atoms with van der Waals surface area (Å²) in [6.45, 7) is 0. The van der Waals surface area contributed by atoms with Crippen molar-refractivity contribution in [3.63, 3.8) is 0 Å². The van der Waals surface area contributed by atoms with Crippen LogP contribution in [-0.2, 0) is 16.6 Å². The standard InChI is InChI=1S/C17H14N6O4/c1-22-9-8-12(21-22)16-19-20-17(27-16)18-15(26)10-2-4-11(5-3-10)23-13(24)6-7-14(23)25/h2-5,8-9H,6-7H2,1H3,(H,18,20,26). The van der Waals surface area contributed by atoms with Crippen LogP contribution in [0.1, 0.15) is 23.2 Å². The third-order valence-corrected chi connectivity index (χ3v) is 4.02. The molecule has 1 aliphatic heterocycles. The molecule has 0 aliphatic carbocycles. The summed E-state index contributed by atoms with van der Waals surface area (Å²) in [7, 11) is 1.76. The number of hydrogen-bond acceptors (Lipinski definition) is 7. The summed E-state index contributed by atoms with van der Waals surface area (Å²) in [5.41, 5.74) is 1.25. The van der Waals surface area contributed by atoms with Crippen LogP contribution in [0.2, 0.25) is 0 Å². The summed E-state index contributed by atoms with van der Waals surface area (Å²) in [6, 6.07) is 7.76. The average Bonchev–Trinajstić information content (AvgIpc) is 3.36. The van der Waals surface area contributed by atoms with Crippen molar-refractivity contribution in [1.29, 1.82) is 0 Å². The first kappa shape index (κ1) is 16.6. The molecular weight excluding hydrogens is 352 g/mol. The first-order valence-electron chi connectivity index (χ1n) is 8.12. The maximum atomic E-state index is 12.3. The number of imide groups is 1. The molecule has 0 saturated carbocycles. The summed E-state index contributed by atoms with van der Waals surface area (Å²) in [6.07, 6.45) is 2.14. The Kier molecular flexibility index (Phi) is 3.99. The summed E-state index contributed by atoms with van der Waals surface area (Å²) in [5.74, 6) is -0.764. The van der Waals surface area contributed by atoms with E-state index in [-0.39, 0.29) is 36.6 Å². The molecule has 1 N–H and O–H groups in total. The van der Waals surface area contributed by atoms with Gasteiger partial charge in [-0.2, -0.15) is 5.10 Å². The summed E-state index contributed by atoms with van der Waals surface area (Å²) in [5, 5.41) is 14.3. The Labute approximate surface area is 152 Å². The molecule has 10 heteroatoms. The van der Waals surface area contributed by atoms with Gasteiger partial charge in [-0.05, 0) is 30.3 Å². The van der Waals surface area contributed by atoms with Gasteiger partial charge in [-0.1, -0.05) is 5.10 Å². The van der Waals surface area contributed by atoms with Gasteiger partial charge in [0.05, 0.1) is 5.69 Å². The number of nitrogens with zero attached hydrogens (tertiary/aromatic N) is 5. The van der Waals surface area contributed by atoms with Crippen LogP contribution >= 0.6 is 0 Å². The van der Waals surface area contributed by atoms with Crippen LogP contribution in [0.5, 0.6) is 0 Å². The van der Waals surface area contributed by atoms with E-state index < -0.39 is 5.91 Å². The zero-order valence-corrected chi connectivity index (χ0v) is 14.2. The summed E-state index contributed by atoms with van der Waals surface area (Å²) in [4.78, 5) is 37.0. The number of amides is 3. The Balaban J connectivity index is 1.46. The van der Waals surface area contributed by atoms with Crippen LogP contribution in [0.25, 0.3) is 11.6 Å². The predicted molar refractivity (Wildman–Crippen MR) is 92.6 cm³/mol. The zero-order chi connectivity index (χ0) is 19.0. The number of rotatable bonds is 4. The molecule has 1 aliphatic rings. The van der Waals surface area contributed by atoms with Gasteiger partial charge in [0.15, 0.2) is 0 Å². The molecule has 2 aromatic heterocycles. The Morgan fingerprint density at radius 2 is 1.78 bits per heavy atom. The van der Waals surface area contributed by atoms with Gasteiger partial charge in [0.25, 0.3) is 11.8 Å². The Hall–Kier alpha value is -3.82. The van der Waals surface area contributed by atoms with Gasteiger partial charge in [-0.25, -0.2) is 0 Å². The van der Waals surface area contributed by atoms with Crippen molar-refractivity contribution in [2.75, 3.05) is 10.2 Å². The van der Waals surface area contributed by atoms with E-state index in [1.807, 2.05) is 0 Å². The monoisotopic (exact) mass is 366 g/mol. The van der Waals surface area contributed by atoms with Gasteiger partial charge in [-0.15, -0.1) is 5.10 Å². The number of anilines is 2. The number of aromatic nitrogens is 4. The van der Waals surface area contributed by atoms with Gasteiger partial charge in [0, 0.05) is 31.6 Å². The van der Waals surface area contributed by atoms with Gasteiger partial charge in [0.2, 0.25) is 11.8 Å². The van der Waals surface area contributed by atoms with Crippen molar-refractivity contribution in [3.05, 3.63) is 42.1 Å². The molecule has 0 radical (unpaired) electrons. The number of benzene rings is 1. The average molecular weight is 366 g/mol. The minimum atomic E-state index is -0.461. The van der Waals surface area contributed by atoms with Crippen molar-refractivity contribution in [1.82, 2.24) is 20.0 Å². The summed E-state index contributed by atoms with van der Waals surface area (Å²) >= 11 is 0. The second kappa shape index (κ2) is 6.48. The maximum absolute atomic E-state index is 12.3. The first-order chi connectivity index (χ1) is 13.0. The topological polar surface area (TPSA) is 123 Å². The molecule has 3 amide bonds. The lowest BCUT2D eigenvalue weighted by molar-refractivity contribution is -0.121. The lowest BCUT2D eigenvalue weighted by Gasteiger charge is -2.13. The first-order valence-corrected chi connectivity index (χ1v) is 8.12. The van der Waals surface area contributed by atoms with Gasteiger partial charge in [-0.3, -0.25) is 29.3 Å². The molecule has 0 spiro atoms. The zero-order valence-electron chi connectivity index (χ0n) is 14.2. The molecule has 0 atom stereocenters. The molecule has 27 heavy (non-hydrogen) atoms. The predicted octanol–water partition coefficient (Wildman–Crippen LogP) is 1.38. The van der Waals surface area contributed by atoms with E-state index in [4.69, 9.17) is 4.42 Å². The highest BCUT2D eigenvalue weighted by Gasteiger charge is 2.30. The fraction of sp³-hybridized carbons (Fsp3) is 0.176. The van der Waals surface area contributed by atoms with Crippen LogP contribution in [0.3, 0.4) is 0 Å². The molecule has 136 valence electrons. The Morgan fingerprint density at radius 3 is 2.41 bits per heavy atom. The van der Waals surface area contributed by atoms with Crippen molar-refractivity contribution >= 4 is 29.4 Å². The maximum Gasteiger partial charge on any atom is 0.322 e. The minimum Gasteiger partial charge on any atom is -0.401 e. The van der Waals surface area contributed by atoms with Crippen molar-refractivity contribution in [2.24, 2.45) is 7.05 Å². The second-order valence-electron chi connectivity index (χ2n) is 5.91. The third kappa shape index (κ3) is 3.19. The highest BCUT2D eigenvalue weighted by molar-refractivity contribution is 6.20. The number of carbonyl (C=O) groups is 3. The van der Waals surface area contributed by atoms with Crippen LogP contribution in [0, 0.1) is 0 Å². The minimum absolute atomic E-state index is 0.0605. The Morgan fingerprint density at radius 1 is 1.07 bits per heavy atom. The van der Waals surface area contributed by atoms with E-state index >= 15 is 0 Å². The van der Waals surface area contributed by atoms with Gasteiger partial charge in [0.1, 0.15) is 5.69 Å². The number of hydrogen-bond donors (Lipinski definition) is 1. The van der Waals surface area contributed by atoms with Crippen LogP contribution in [-0.4, -0.2) is 37.7 Å². The van der Waals surface area contributed by atoms with Crippen LogP contribution < -0.4 is 10.2 Å². The van der Waals surface area contributed by atoms with Gasteiger partial charge >= 0.3 is 6.01 Å². The molecule has 10 nitrogen and oxygen atoms in total. The largest absolute Gasteiger partial charge is 0.401 e. The SMILES string of the molecule is Cn1ccc(-c2nnc(NC(=O)c3ccc(N4C(=O)CCC4=O)cc3)o2)n1. The fourth-order valence-corrected chi connectivity index (χ4v) is 2.70. The summed E-state index contributed by atoms with van der Waals surface area (Å²) < 4.78 is 6.97. The molecule has 0 unspecified atom stereocenters. The third-order valence-electron chi connectivity index (χ3n) is 4.02. The molecule has 3 aromatic rings. The van der Waals surface area contributed by atoms with Crippen LogP contribution in [0.4, 0.5) is 11.7 Å². The van der Waals surface area contributed by atoms with Crippen molar-refractivity contribution in [2.45, 2.75) is 12.8 Å². The van der Waals surface area contributed by atoms with E-state index in [9.17, 15) is 14.4 Å². The highest BCUT2D eigenvalue weighted by Crippen LogP contribution is 2.23. The molecule has 1 aromatic carbocycles. The van der Waals surface area contributed by atoms with Crippen molar-refractivity contribution in [3.8, 4) is 11.6 Å². The smallest absolute Gasteiger partial charge is 0.322 e. The molecule has 1 saturated heterocycles. The van der Waals surface area contributed by atoms with E-state index in [0.29, 0.717) is 16.9 Å². The quantitative estimate of drug-likeness (QED) is 0.692. The molecule has 3 heterocycles. The fourth-order valence-electron chi connectivity index (χ4n) is 2.70. The number of aryl methyl sites for hydroxylation is 1. The van der Waals surface area contributed by atoms with E-state index in [0.717, 1.165) is 4.90 Å². The van der Waals surface area contributed by atoms with Gasteiger partial charge < -0.3 is 4.42 Å². The lowest BCUT2D eigenvalue weighted by Crippen LogP contribution is -2.28. The molecule has 4 rings (SSSR count). The van der Waals surface area contributed by atoms with Crippen molar-refractivity contribution < 1.29 is 18.8 Å². The Bertz CT molecular complexity index is 1020. The highest BCUT2D eigenvalue weighted by atomic mass is 16.4. The normalized spacial score (nSPS) is 14.0. The van der Waals surface area contributed by atoms with E-state index in [2.05, 4.69) is 20.6 Å². The van der Waals surface area contributed by atoms with E-state index in [1.165, 1.54) is 12.1 Å². The number of nitrogens with one attached hydrogen (secondary N) is 1. The molecule has 0 bridgehead atoms.